The van der Waals surface area contributed by atoms with Crippen LogP contribution in [-0.2, 0) is 27.1 Å². The summed E-state index contributed by atoms with van der Waals surface area (Å²) in [5.74, 6) is -1.50. The van der Waals surface area contributed by atoms with Crippen LogP contribution in [0.15, 0.2) is 24.3 Å². The topological polar surface area (TPSA) is 84.9 Å². The van der Waals surface area contributed by atoms with E-state index in [2.05, 4.69) is 5.32 Å². The zero-order valence-corrected chi connectivity index (χ0v) is 17.6. The summed E-state index contributed by atoms with van der Waals surface area (Å²) in [4.78, 5) is 39.9. The van der Waals surface area contributed by atoms with E-state index in [1.54, 1.807) is 25.1 Å². The Balaban J connectivity index is 1.65. The van der Waals surface area contributed by atoms with E-state index in [4.69, 9.17) is 9.47 Å². The highest BCUT2D eigenvalue weighted by atomic mass is 32.1. The quantitative estimate of drug-likeness (QED) is 0.698. The van der Waals surface area contributed by atoms with E-state index in [0.29, 0.717) is 16.1 Å². The number of benzene rings is 1. The standard InChI is InChI=1S/C21H24N2O5S/c1-4-27-21(26)18-15-9-6-10-16(15)29-19(18)22-17(24)12-28-20(25)13-7-5-8-14(11-13)23(2)3/h5,7-8,11H,4,6,9-10,12H2,1-3H3,(H,22,24). The van der Waals surface area contributed by atoms with Gasteiger partial charge in [0, 0.05) is 24.7 Å². The Labute approximate surface area is 173 Å². The predicted molar refractivity (Wildman–Crippen MR) is 112 cm³/mol. The Morgan fingerprint density at radius 1 is 1.14 bits per heavy atom. The third-order valence-electron chi connectivity index (χ3n) is 4.59. The van der Waals surface area contributed by atoms with Gasteiger partial charge >= 0.3 is 11.9 Å². The molecular weight excluding hydrogens is 392 g/mol. The minimum atomic E-state index is -0.580. The maximum Gasteiger partial charge on any atom is 0.341 e. The lowest BCUT2D eigenvalue weighted by atomic mass is 10.1. The van der Waals surface area contributed by atoms with Crippen molar-refractivity contribution in [2.24, 2.45) is 0 Å². The molecule has 3 rings (SSSR count). The van der Waals surface area contributed by atoms with Gasteiger partial charge in [0.05, 0.1) is 17.7 Å². The first kappa shape index (κ1) is 20.9. The van der Waals surface area contributed by atoms with Crippen molar-refractivity contribution >= 4 is 39.9 Å². The number of nitrogens with zero attached hydrogens (tertiary/aromatic N) is 1. The van der Waals surface area contributed by atoms with Crippen LogP contribution in [0.25, 0.3) is 0 Å². The third-order valence-corrected chi connectivity index (χ3v) is 5.79. The molecule has 0 saturated carbocycles. The number of aryl methyl sites for hydroxylation is 1. The van der Waals surface area contributed by atoms with Gasteiger partial charge < -0.3 is 19.7 Å². The number of fused-ring (bicyclic) bond motifs is 1. The smallest absolute Gasteiger partial charge is 0.341 e. The molecule has 1 aliphatic rings. The summed E-state index contributed by atoms with van der Waals surface area (Å²) < 4.78 is 10.3. The number of carbonyl (C=O) groups is 3. The molecule has 8 heteroatoms. The second-order valence-corrected chi connectivity index (χ2v) is 7.96. The molecule has 1 amide bonds. The number of hydrogen-bond acceptors (Lipinski definition) is 7. The second-order valence-electron chi connectivity index (χ2n) is 6.85. The Hall–Kier alpha value is -2.87. The molecule has 0 unspecified atom stereocenters. The molecule has 0 bridgehead atoms. The molecule has 0 aliphatic heterocycles. The van der Waals surface area contributed by atoms with Crippen molar-refractivity contribution in [3.63, 3.8) is 0 Å². The molecule has 0 atom stereocenters. The first-order valence-electron chi connectivity index (χ1n) is 9.46. The maximum absolute atomic E-state index is 12.3. The van der Waals surface area contributed by atoms with Gasteiger partial charge in [0.25, 0.3) is 5.91 Å². The molecule has 2 aromatic rings. The highest BCUT2D eigenvalue weighted by Gasteiger charge is 2.28. The minimum absolute atomic E-state index is 0.264. The lowest BCUT2D eigenvalue weighted by molar-refractivity contribution is -0.119. The molecule has 7 nitrogen and oxygen atoms in total. The average molecular weight is 416 g/mol. The lowest BCUT2D eigenvalue weighted by Gasteiger charge is -2.13. The van der Waals surface area contributed by atoms with Gasteiger partial charge in [-0.15, -0.1) is 11.3 Å². The number of hydrogen-bond donors (Lipinski definition) is 1. The summed E-state index contributed by atoms with van der Waals surface area (Å²) >= 11 is 1.39. The van der Waals surface area contributed by atoms with E-state index in [1.807, 2.05) is 25.1 Å². The van der Waals surface area contributed by atoms with Crippen molar-refractivity contribution in [1.82, 2.24) is 0 Å². The van der Waals surface area contributed by atoms with Gasteiger partial charge in [0.1, 0.15) is 5.00 Å². The van der Waals surface area contributed by atoms with Crippen LogP contribution in [0.1, 0.15) is 44.5 Å². The van der Waals surface area contributed by atoms with Gasteiger partial charge in [0.2, 0.25) is 0 Å². The van der Waals surface area contributed by atoms with Crippen molar-refractivity contribution in [3.8, 4) is 0 Å². The number of esters is 2. The summed E-state index contributed by atoms with van der Waals surface area (Å²) in [6.07, 6.45) is 2.68. The molecule has 0 spiro atoms. The third kappa shape index (κ3) is 4.76. The number of ether oxygens (including phenoxy) is 2. The minimum Gasteiger partial charge on any atom is -0.462 e. The van der Waals surface area contributed by atoms with Crippen LogP contribution in [0.3, 0.4) is 0 Å². The summed E-state index contributed by atoms with van der Waals surface area (Å²) in [5, 5.41) is 3.17. The van der Waals surface area contributed by atoms with Crippen LogP contribution in [-0.4, -0.2) is 45.2 Å². The fourth-order valence-corrected chi connectivity index (χ4v) is 4.49. The Kier molecular flexibility index (Phi) is 6.53. The predicted octanol–water partition coefficient (Wildman–Crippen LogP) is 3.28. The Morgan fingerprint density at radius 2 is 1.93 bits per heavy atom. The summed E-state index contributed by atoms with van der Waals surface area (Å²) in [5.41, 5.74) is 2.62. The van der Waals surface area contributed by atoms with Gasteiger partial charge in [-0.3, -0.25) is 4.79 Å². The highest BCUT2D eigenvalue weighted by Crippen LogP contribution is 2.39. The molecule has 1 aliphatic carbocycles. The van der Waals surface area contributed by atoms with Crippen LogP contribution in [0.2, 0.25) is 0 Å². The largest absolute Gasteiger partial charge is 0.462 e. The van der Waals surface area contributed by atoms with Crippen LogP contribution < -0.4 is 10.2 Å². The van der Waals surface area contributed by atoms with Crippen molar-refractivity contribution < 1.29 is 23.9 Å². The van der Waals surface area contributed by atoms with Gasteiger partial charge in [-0.2, -0.15) is 0 Å². The highest BCUT2D eigenvalue weighted by molar-refractivity contribution is 7.17. The fraction of sp³-hybridized carbons (Fsp3) is 0.381. The molecule has 0 fully saturated rings. The summed E-state index contributed by atoms with van der Waals surface area (Å²) in [6.45, 7) is 1.57. The number of thiophene rings is 1. The molecular formula is C21H24N2O5S. The van der Waals surface area contributed by atoms with E-state index in [0.717, 1.165) is 35.4 Å². The number of nitrogens with one attached hydrogen (secondary N) is 1. The summed E-state index contributed by atoms with van der Waals surface area (Å²) in [7, 11) is 3.74. The Bertz CT molecular complexity index is 935. The molecule has 1 aromatic heterocycles. The fourth-order valence-electron chi connectivity index (χ4n) is 3.20. The molecule has 1 aromatic carbocycles. The zero-order chi connectivity index (χ0) is 21.0. The van der Waals surface area contributed by atoms with Crippen LogP contribution in [0.4, 0.5) is 10.7 Å². The SMILES string of the molecule is CCOC(=O)c1c(NC(=O)COC(=O)c2cccc(N(C)C)c2)sc2c1CCC2. The molecule has 29 heavy (non-hydrogen) atoms. The van der Waals surface area contributed by atoms with E-state index in [1.165, 1.54) is 11.3 Å². The molecule has 154 valence electrons. The molecule has 1 N–H and O–H groups in total. The first-order valence-corrected chi connectivity index (χ1v) is 10.3. The van der Waals surface area contributed by atoms with Crippen LogP contribution in [0.5, 0.6) is 0 Å². The van der Waals surface area contributed by atoms with Gasteiger partial charge in [0.15, 0.2) is 6.61 Å². The molecule has 1 heterocycles. The van der Waals surface area contributed by atoms with Crippen LogP contribution >= 0.6 is 11.3 Å². The van der Waals surface area contributed by atoms with Crippen molar-refractivity contribution in [2.75, 3.05) is 37.5 Å². The van der Waals surface area contributed by atoms with Gasteiger partial charge in [-0.25, -0.2) is 9.59 Å². The maximum atomic E-state index is 12.3. The van der Waals surface area contributed by atoms with Crippen molar-refractivity contribution in [3.05, 3.63) is 45.8 Å². The van der Waals surface area contributed by atoms with Crippen molar-refractivity contribution in [2.45, 2.75) is 26.2 Å². The van der Waals surface area contributed by atoms with Gasteiger partial charge in [-0.1, -0.05) is 6.07 Å². The van der Waals surface area contributed by atoms with E-state index in [9.17, 15) is 14.4 Å². The second kappa shape index (κ2) is 9.09. The average Bonchev–Trinajstić information content (AvgIpc) is 3.27. The van der Waals surface area contributed by atoms with E-state index >= 15 is 0 Å². The number of anilines is 2. The van der Waals surface area contributed by atoms with Gasteiger partial charge in [-0.05, 0) is 49.9 Å². The van der Waals surface area contributed by atoms with E-state index < -0.39 is 24.5 Å². The van der Waals surface area contributed by atoms with Crippen LogP contribution in [0, 0.1) is 0 Å². The number of amides is 1. The Morgan fingerprint density at radius 3 is 2.66 bits per heavy atom. The first-order chi connectivity index (χ1) is 13.9. The summed E-state index contributed by atoms with van der Waals surface area (Å²) in [6, 6.07) is 6.96. The molecule has 0 radical (unpaired) electrons. The van der Waals surface area contributed by atoms with E-state index in [-0.39, 0.29) is 6.61 Å². The lowest BCUT2D eigenvalue weighted by Crippen LogP contribution is -2.22. The zero-order valence-electron chi connectivity index (χ0n) is 16.7. The number of rotatable bonds is 7. The normalized spacial score (nSPS) is 12.2. The van der Waals surface area contributed by atoms with Crippen molar-refractivity contribution in [1.29, 1.82) is 0 Å². The number of carbonyl (C=O) groups excluding carboxylic acids is 3. The molecule has 0 saturated heterocycles. The monoisotopic (exact) mass is 416 g/mol.